The van der Waals surface area contributed by atoms with Gasteiger partial charge in [0.1, 0.15) is 11.4 Å². The fraction of sp³-hybridized carbons (Fsp3) is 0.696. The van der Waals surface area contributed by atoms with E-state index in [2.05, 4.69) is 31.0 Å². The molecule has 0 aliphatic heterocycles. The van der Waals surface area contributed by atoms with Crippen LogP contribution >= 0.6 is 0 Å². The summed E-state index contributed by atoms with van der Waals surface area (Å²) in [6.07, 6.45) is 4.80. The molecule has 1 aromatic carbocycles. The average Bonchev–Trinajstić information content (AvgIpc) is 2.69. The molecule has 158 valence electrons. The molecule has 0 unspecified atom stereocenters. The zero-order chi connectivity index (χ0) is 20.4. The van der Waals surface area contributed by atoms with Gasteiger partial charge in [0.25, 0.3) is 5.91 Å². The van der Waals surface area contributed by atoms with Gasteiger partial charge < -0.3 is 19.7 Å². The lowest BCUT2D eigenvalue weighted by atomic mass is 9.78. The van der Waals surface area contributed by atoms with Crippen molar-refractivity contribution in [3.05, 3.63) is 24.3 Å². The number of nitrogens with one attached hydrogen (secondary N) is 1. The van der Waals surface area contributed by atoms with Crippen LogP contribution in [0.15, 0.2) is 24.3 Å². The first-order chi connectivity index (χ1) is 13.5. The van der Waals surface area contributed by atoms with E-state index < -0.39 is 5.60 Å². The maximum absolute atomic E-state index is 13.0. The molecule has 0 heterocycles. The standard InChI is InChI=1S/C23H38N2O3/c1-5-25(6-2)16-9-17-27-21-13-11-20(12-14-21)24-22(26)23(28-7-3)15-8-10-19(4)18-23/h11-14,19H,5-10,15-18H2,1-4H3,(H,24,26)/t19-,23+/m0/s1. The Bertz CT molecular complexity index is 582. The predicted molar refractivity (Wildman–Crippen MR) is 115 cm³/mol. The maximum atomic E-state index is 13.0. The molecule has 0 radical (unpaired) electrons. The molecule has 2 rings (SSSR count). The second-order valence-corrected chi connectivity index (χ2v) is 7.84. The van der Waals surface area contributed by atoms with E-state index in [1.54, 1.807) is 0 Å². The van der Waals surface area contributed by atoms with E-state index in [1.807, 2.05) is 31.2 Å². The van der Waals surface area contributed by atoms with Gasteiger partial charge in [-0.15, -0.1) is 0 Å². The van der Waals surface area contributed by atoms with Crippen LogP contribution in [0, 0.1) is 5.92 Å². The number of hydrogen-bond acceptors (Lipinski definition) is 4. The van der Waals surface area contributed by atoms with Crippen molar-refractivity contribution in [3.63, 3.8) is 0 Å². The van der Waals surface area contributed by atoms with Crippen LogP contribution in [-0.4, -0.2) is 49.3 Å². The molecule has 1 aromatic rings. The highest BCUT2D eigenvalue weighted by molar-refractivity contribution is 5.97. The van der Waals surface area contributed by atoms with E-state index in [1.165, 1.54) is 6.42 Å². The van der Waals surface area contributed by atoms with Gasteiger partial charge in [-0.05, 0) is 75.9 Å². The highest BCUT2D eigenvalue weighted by atomic mass is 16.5. The molecule has 0 spiro atoms. The number of anilines is 1. The minimum absolute atomic E-state index is 0.0196. The molecule has 5 heteroatoms. The minimum Gasteiger partial charge on any atom is -0.494 e. The molecule has 0 aromatic heterocycles. The molecule has 1 aliphatic rings. The first kappa shape index (κ1) is 22.7. The second kappa shape index (κ2) is 11.4. The highest BCUT2D eigenvalue weighted by Crippen LogP contribution is 2.36. The Balaban J connectivity index is 1.86. The molecule has 28 heavy (non-hydrogen) atoms. The van der Waals surface area contributed by atoms with E-state index >= 15 is 0 Å². The Morgan fingerprint density at radius 3 is 2.54 bits per heavy atom. The van der Waals surface area contributed by atoms with Crippen molar-refractivity contribution in [3.8, 4) is 5.75 Å². The zero-order valence-electron chi connectivity index (χ0n) is 18.1. The summed E-state index contributed by atoms with van der Waals surface area (Å²) in [7, 11) is 0. The fourth-order valence-corrected chi connectivity index (χ4v) is 4.08. The van der Waals surface area contributed by atoms with Crippen molar-refractivity contribution in [2.45, 2.75) is 65.4 Å². The molecule has 1 N–H and O–H groups in total. The van der Waals surface area contributed by atoms with Gasteiger partial charge in [-0.1, -0.05) is 27.2 Å². The molecule has 0 saturated heterocycles. The van der Waals surface area contributed by atoms with Crippen molar-refractivity contribution in [1.82, 2.24) is 4.90 Å². The number of ether oxygens (including phenoxy) is 2. The summed E-state index contributed by atoms with van der Waals surface area (Å²) in [6.45, 7) is 13.0. The minimum atomic E-state index is -0.688. The second-order valence-electron chi connectivity index (χ2n) is 7.84. The number of amides is 1. The summed E-state index contributed by atoms with van der Waals surface area (Å²) in [4.78, 5) is 15.4. The van der Waals surface area contributed by atoms with Gasteiger partial charge in [0.05, 0.1) is 6.61 Å². The third kappa shape index (κ3) is 6.49. The van der Waals surface area contributed by atoms with Gasteiger partial charge in [-0.25, -0.2) is 0 Å². The smallest absolute Gasteiger partial charge is 0.256 e. The quantitative estimate of drug-likeness (QED) is 0.556. The number of rotatable bonds is 11. The molecule has 0 bridgehead atoms. The van der Waals surface area contributed by atoms with E-state index in [0.29, 0.717) is 19.1 Å². The normalized spacial score (nSPS) is 22.2. The van der Waals surface area contributed by atoms with Crippen molar-refractivity contribution in [2.75, 3.05) is 38.2 Å². The van der Waals surface area contributed by atoms with E-state index in [-0.39, 0.29) is 5.91 Å². The van der Waals surface area contributed by atoms with Gasteiger partial charge in [0, 0.05) is 18.8 Å². The van der Waals surface area contributed by atoms with E-state index in [4.69, 9.17) is 9.47 Å². The van der Waals surface area contributed by atoms with Crippen LogP contribution in [0.5, 0.6) is 5.75 Å². The molecule has 2 atom stereocenters. The lowest BCUT2D eigenvalue weighted by Crippen LogP contribution is -2.48. The van der Waals surface area contributed by atoms with Gasteiger partial charge in [-0.3, -0.25) is 4.79 Å². The Hall–Kier alpha value is -1.59. The lowest BCUT2D eigenvalue weighted by Gasteiger charge is -2.38. The first-order valence-electron chi connectivity index (χ1n) is 10.9. The Kier molecular flexibility index (Phi) is 9.26. The van der Waals surface area contributed by atoms with Crippen molar-refractivity contribution in [2.24, 2.45) is 5.92 Å². The first-order valence-corrected chi connectivity index (χ1v) is 10.9. The molecule has 1 aliphatic carbocycles. The fourth-order valence-electron chi connectivity index (χ4n) is 4.08. The molecule has 1 fully saturated rings. The summed E-state index contributed by atoms with van der Waals surface area (Å²) in [6, 6.07) is 7.65. The van der Waals surface area contributed by atoms with E-state index in [9.17, 15) is 4.79 Å². The van der Waals surface area contributed by atoms with Crippen LogP contribution < -0.4 is 10.1 Å². The number of nitrogens with zero attached hydrogens (tertiary/aromatic N) is 1. The molecular formula is C23H38N2O3. The summed E-state index contributed by atoms with van der Waals surface area (Å²) in [5.74, 6) is 1.33. The van der Waals surface area contributed by atoms with Gasteiger partial charge in [0.15, 0.2) is 0 Å². The molecule has 1 saturated carbocycles. The molecular weight excluding hydrogens is 352 g/mol. The van der Waals surface area contributed by atoms with Crippen LogP contribution in [0.3, 0.4) is 0 Å². The SMILES string of the molecule is CCO[C@]1(C(=O)Nc2ccc(OCCCN(CC)CC)cc2)CCC[C@H](C)C1. The number of benzene rings is 1. The summed E-state index contributed by atoms with van der Waals surface area (Å²) in [5, 5.41) is 3.06. The summed E-state index contributed by atoms with van der Waals surface area (Å²) in [5.41, 5.74) is 0.101. The van der Waals surface area contributed by atoms with Crippen molar-refractivity contribution >= 4 is 11.6 Å². The van der Waals surface area contributed by atoms with Gasteiger partial charge in [-0.2, -0.15) is 0 Å². The van der Waals surface area contributed by atoms with Crippen LogP contribution in [0.25, 0.3) is 0 Å². The van der Waals surface area contributed by atoms with Crippen LogP contribution in [0.4, 0.5) is 5.69 Å². The monoisotopic (exact) mass is 390 g/mol. The summed E-state index contributed by atoms with van der Waals surface area (Å²) >= 11 is 0. The number of hydrogen-bond donors (Lipinski definition) is 1. The maximum Gasteiger partial charge on any atom is 0.256 e. The highest BCUT2D eigenvalue weighted by Gasteiger charge is 2.42. The number of carbonyl (C=O) groups excluding carboxylic acids is 1. The van der Waals surface area contributed by atoms with Gasteiger partial charge >= 0.3 is 0 Å². The third-order valence-corrected chi connectivity index (χ3v) is 5.68. The van der Waals surface area contributed by atoms with Crippen LogP contribution in [0.2, 0.25) is 0 Å². The van der Waals surface area contributed by atoms with E-state index in [0.717, 1.165) is 56.8 Å². The number of carbonyl (C=O) groups is 1. The Morgan fingerprint density at radius 1 is 1.21 bits per heavy atom. The predicted octanol–water partition coefficient (Wildman–Crippen LogP) is 4.72. The van der Waals surface area contributed by atoms with Crippen LogP contribution in [-0.2, 0) is 9.53 Å². The molecule has 5 nitrogen and oxygen atoms in total. The van der Waals surface area contributed by atoms with Crippen molar-refractivity contribution in [1.29, 1.82) is 0 Å². The average molecular weight is 391 g/mol. The lowest BCUT2D eigenvalue weighted by molar-refractivity contribution is -0.147. The van der Waals surface area contributed by atoms with Crippen LogP contribution in [0.1, 0.15) is 59.8 Å². The largest absolute Gasteiger partial charge is 0.494 e. The third-order valence-electron chi connectivity index (χ3n) is 5.68. The van der Waals surface area contributed by atoms with Crippen molar-refractivity contribution < 1.29 is 14.3 Å². The topological polar surface area (TPSA) is 50.8 Å². The Morgan fingerprint density at radius 2 is 1.93 bits per heavy atom. The summed E-state index contributed by atoms with van der Waals surface area (Å²) < 4.78 is 11.8. The van der Waals surface area contributed by atoms with Gasteiger partial charge in [0.2, 0.25) is 0 Å². The zero-order valence-corrected chi connectivity index (χ0v) is 18.1. The Labute approximate surface area is 170 Å². The molecule has 1 amide bonds.